The summed E-state index contributed by atoms with van der Waals surface area (Å²) in [6.45, 7) is 7.70. The monoisotopic (exact) mass is 251 g/mol. The summed E-state index contributed by atoms with van der Waals surface area (Å²) in [6, 6.07) is 3.77. The maximum absolute atomic E-state index is 9.45. The summed E-state index contributed by atoms with van der Waals surface area (Å²) in [6.07, 6.45) is 6.66. The zero-order valence-electron chi connectivity index (χ0n) is 12.5. The van der Waals surface area contributed by atoms with E-state index >= 15 is 0 Å². The largest absolute Gasteiger partial charge is 0.304 e. The average Bonchev–Trinajstić information content (AvgIpc) is 3.20. The fraction of sp³-hybridized carbons (Fsp3) is 0.933. The van der Waals surface area contributed by atoms with E-state index in [9.17, 15) is 5.26 Å². The predicted molar refractivity (Wildman–Crippen MR) is 76.4 cm³/mol. The molecule has 1 fully saturated rings. The molecular weight excluding hydrogens is 222 g/mol. The summed E-state index contributed by atoms with van der Waals surface area (Å²) >= 11 is 0. The van der Waals surface area contributed by atoms with Gasteiger partial charge in [0.2, 0.25) is 0 Å². The van der Waals surface area contributed by atoms with Crippen LogP contribution in [-0.4, -0.2) is 36.1 Å². The second kappa shape index (κ2) is 7.11. The first-order valence-corrected chi connectivity index (χ1v) is 7.46. The van der Waals surface area contributed by atoms with Crippen molar-refractivity contribution in [3.05, 3.63) is 0 Å². The van der Waals surface area contributed by atoms with Crippen molar-refractivity contribution in [2.45, 2.75) is 76.9 Å². The van der Waals surface area contributed by atoms with E-state index in [2.05, 4.69) is 44.1 Å². The number of rotatable bonds is 9. The van der Waals surface area contributed by atoms with Gasteiger partial charge in [-0.3, -0.25) is 5.32 Å². The number of nitrogens with zero attached hydrogens (tertiary/aromatic N) is 2. The van der Waals surface area contributed by atoms with E-state index in [0.717, 1.165) is 25.8 Å². The molecule has 104 valence electrons. The summed E-state index contributed by atoms with van der Waals surface area (Å²) in [5.41, 5.74) is -0.280. The Morgan fingerprint density at radius 3 is 2.56 bits per heavy atom. The fourth-order valence-electron chi connectivity index (χ4n) is 2.30. The molecule has 18 heavy (non-hydrogen) atoms. The number of hydrogen-bond donors (Lipinski definition) is 1. The SMILES string of the molecule is CCC(C)N(C)CCCC(C#N)(CC)NC1CC1. The van der Waals surface area contributed by atoms with Crippen LogP contribution in [0.25, 0.3) is 0 Å². The van der Waals surface area contributed by atoms with Gasteiger partial charge in [-0.1, -0.05) is 13.8 Å². The Hall–Kier alpha value is -0.590. The third-order valence-electron chi connectivity index (χ3n) is 4.33. The first-order valence-electron chi connectivity index (χ1n) is 7.46. The Labute approximate surface area is 113 Å². The van der Waals surface area contributed by atoms with Gasteiger partial charge in [-0.05, 0) is 59.0 Å². The zero-order valence-corrected chi connectivity index (χ0v) is 12.5. The van der Waals surface area contributed by atoms with Crippen LogP contribution in [0.4, 0.5) is 0 Å². The fourth-order valence-corrected chi connectivity index (χ4v) is 2.30. The highest BCUT2D eigenvalue weighted by Crippen LogP contribution is 2.26. The molecule has 0 spiro atoms. The van der Waals surface area contributed by atoms with Crippen molar-refractivity contribution in [1.82, 2.24) is 10.2 Å². The highest BCUT2D eigenvalue weighted by Gasteiger charge is 2.34. The first-order chi connectivity index (χ1) is 8.56. The summed E-state index contributed by atoms with van der Waals surface area (Å²) in [4.78, 5) is 2.40. The van der Waals surface area contributed by atoms with Crippen LogP contribution < -0.4 is 5.32 Å². The topological polar surface area (TPSA) is 39.1 Å². The highest BCUT2D eigenvalue weighted by molar-refractivity contribution is 5.09. The lowest BCUT2D eigenvalue weighted by atomic mass is 9.91. The third kappa shape index (κ3) is 4.59. The van der Waals surface area contributed by atoms with Crippen molar-refractivity contribution in [1.29, 1.82) is 5.26 Å². The van der Waals surface area contributed by atoms with E-state index in [1.807, 2.05) is 0 Å². The summed E-state index contributed by atoms with van der Waals surface area (Å²) in [7, 11) is 2.18. The number of nitrogens with one attached hydrogen (secondary N) is 1. The Morgan fingerprint density at radius 1 is 1.44 bits per heavy atom. The molecule has 0 aromatic heterocycles. The van der Waals surface area contributed by atoms with Crippen LogP contribution in [0.5, 0.6) is 0 Å². The molecule has 0 amide bonds. The molecule has 1 saturated carbocycles. The van der Waals surface area contributed by atoms with Gasteiger partial charge in [-0.25, -0.2) is 0 Å². The Morgan fingerprint density at radius 2 is 2.11 bits per heavy atom. The van der Waals surface area contributed by atoms with Gasteiger partial charge in [0.15, 0.2) is 0 Å². The summed E-state index contributed by atoms with van der Waals surface area (Å²) in [5, 5.41) is 13.0. The van der Waals surface area contributed by atoms with Gasteiger partial charge in [0.05, 0.1) is 6.07 Å². The average molecular weight is 251 g/mol. The third-order valence-corrected chi connectivity index (χ3v) is 4.33. The molecule has 0 heterocycles. The molecule has 0 aliphatic heterocycles. The van der Waals surface area contributed by atoms with Gasteiger partial charge in [0, 0.05) is 12.1 Å². The molecule has 2 unspecified atom stereocenters. The van der Waals surface area contributed by atoms with E-state index < -0.39 is 0 Å². The normalized spacial score (nSPS) is 20.4. The van der Waals surface area contributed by atoms with Crippen molar-refractivity contribution in [3.63, 3.8) is 0 Å². The minimum absolute atomic E-state index is 0.280. The van der Waals surface area contributed by atoms with Crippen LogP contribution in [0.3, 0.4) is 0 Å². The second-order valence-electron chi connectivity index (χ2n) is 5.81. The standard InChI is InChI=1S/C15H29N3/c1-5-13(3)18(4)11-7-10-15(6-2,12-16)17-14-8-9-14/h13-14,17H,5-11H2,1-4H3. The number of nitriles is 1. The maximum atomic E-state index is 9.45. The van der Waals surface area contributed by atoms with E-state index in [4.69, 9.17) is 0 Å². The van der Waals surface area contributed by atoms with Crippen molar-refractivity contribution in [2.75, 3.05) is 13.6 Å². The van der Waals surface area contributed by atoms with Crippen molar-refractivity contribution in [2.24, 2.45) is 0 Å². The van der Waals surface area contributed by atoms with Crippen molar-refractivity contribution in [3.8, 4) is 6.07 Å². The first kappa shape index (κ1) is 15.5. The number of hydrogen-bond acceptors (Lipinski definition) is 3. The molecule has 2 atom stereocenters. The van der Waals surface area contributed by atoms with Crippen LogP contribution in [0.1, 0.15) is 59.3 Å². The molecule has 1 aliphatic rings. The minimum atomic E-state index is -0.280. The van der Waals surface area contributed by atoms with Gasteiger partial charge in [-0.15, -0.1) is 0 Å². The van der Waals surface area contributed by atoms with Gasteiger partial charge in [-0.2, -0.15) is 5.26 Å². The van der Waals surface area contributed by atoms with Crippen LogP contribution in [0, 0.1) is 11.3 Å². The quantitative estimate of drug-likeness (QED) is 0.685. The lowest BCUT2D eigenvalue weighted by Crippen LogP contribution is -2.45. The van der Waals surface area contributed by atoms with Crippen molar-refractivity contribution >= 4 is 0 Å². The lowest BCUT2D eigenvalue weighted by molar-refractivity contribution is 0.234. The molecule has 3 nitrogen and oxygen atoms in total. The minimum Gasteiger partial charge on any atom is -0.304 e. The zero-order chi connectivity index (χ0) is 13.6. The predicted octanol–water partition coefficient (Wildman–Crippen LogP) is 2.92. The molecule has 0 aromatic rings. The summed E-state index contributed by atoms with van der Waals surface area (Å²) in [5.74, 6) is 0. The molecule has 1 aliphatic carbocycles. The maximum Gasteiger partial charge on any atom is 0.106 e. The Bertz CT molecular complexity index is 280. The summed E-state index contributed by atoms with van der Waals surface area (Å²) < 4.78 is 0. The molecule has 1 N–H and O–H groups in total. The van der Waals surface area contributed by atoms with Crippen LogP contribution in [0.2, 0.25) is 0 Å². The highest BCUT2D eigenvalue weighted by atomic mass is 15.1. The van der Waals surface area contributed by atoms with E-state index in [0.29, 0.717) is 12.1 Å². The van der Waals surface area contributed by atoms with Gasteiger partial charge in [0.25, 0.3) is 0 Å². The van der Waals surface area contributed by atoms with Gasteiger partial charge >= 0.3 is 0 Å². The molecule has 0 aromatic carbocycles. The second-order valence-corrected chi connectivity index (χ2v) is 5.81. The van der Waals surface area contributed by atoms with Crippen LogP contribution >= 0.6 is 0 Å². The Kier molecular flexibility index (Phi) is 6.11. The Balaban J connectivity index is 2.35. The van der Waals surface area contributed by atoms with Crippen LogP contribution in [0.15, 0.2) is 0 Å². The molecule has 1 rings (SSSR count). The van der Waals surface area contributed by atoms with Crippen molar-refractivity contribution < 1.29 is 0 Å². The molecule has 0 bridgehead atoms. The molecule has 0 saturated heterocycles. The molecule has 0 radical (unpaired) electrons. The molecule has 3 heteroatoms. The smallest absolute Gasteiger partial charge is 0.106 e. The van der Waals surface area contributed by atoms with Crippen LogP contribution in [-0.2, 0) is 0 Å². The van der Waals surface area contributed by atoms with Gasteiger partial charge < -0.3 is 4.90 Å². The van der Waals surface area contributed by atoms with E-state index in [1.165, 1.54) is 19.3 Å². The molecular formula is C15H29N3. The van der Waals surface area contributed by atoms with E-state index in [-0.39, 0.29) is 5.54 Å². The van der Waals surface area contributed by atoms with Gasteiger partial charge in [0.1, 0.15) is 5.54 Å². The van der Waals surface area contributed by atoms with E-state index in [1.54, 1.807) is 0 Å². The lowest BCUT2D eigenvalue weighted by Gasteiger charge is -2.29.